The van der Waals surface area contributed by atoms with Crippen LogP contribution in [0.3, 0.4) is 0 Å². The summed E-state index contributed by atoms with van der Waals surface area (Å²) in [6.45, 7) is 2.42. The monoisotopic (exact) mass is 330 g/mol. The van der Waals surface area contributed by atoms with Crippen LogP contribution in [0.15, 0.2) is 48.5 Å². The number of ether oxygens (including phenoxy) is 1. The van der Waals surface area contributed by atoms with Crippen molar-refractivity contribution in [3.05, 3.63) is 65.5 Å². The van der Waals surface area contributed by atoms with Gasteiger partial charge in [-0.2, -0.15) is 0 Å². The molecular formula is C18H19FN2O3. The van der Waals surface area contributed by atoms with Crippen LogP contribution in [0, 0.1) is 5.82 Å². The maximum atomic E-state index is 12.9. The van der Waals surface area contributed by atoms with Crippen LogP contribution in [0.4, 0.5) is 4.39 Å². The molecule has 0 atom stereocenters. The summed E-state index contributed by atoms with van der Waals surface area (Å²) >= 11 is 0. The van der Waals surface area contributed by atoms with E-state index < -0.39 is 5.91 Å². The van der Waals surface area contributed by atoms with Gasteiger partial charge in [-0.05, 0) is 36.8 Å². The lowest BCUT2D eigenvalue weighted by molar-refractivity contribution is -0.120. The number of hydrogen-bond acceptors (Lipinski definition) is 3. The Morgan fingerprint density at radius 2 is 1.75 bits per heavy atom. The van der Waals surface area contributed by atoms with E-state index in [9.17, 15) is 14.0 Å². The van der Waals surface area contributed by atoms with E-state index >= 15 is 0 Å². The Hall–Kier alpha value is -2.89. The molecule has 2 aromatic rings. The highest BCUT2D eigenvalue weighted by atomic mass is 19.1. The van der Waals surface area contributed by atoms with Gasteiger partial charge < -0.3 is 15.4 Å². The molecule has 0 saturated carbocycles. The van der Waals surface area contributed by atoms with E-state index in [4.69, 9.17) is 4.74 Å². The van der Waals surface area contributed by atoms with Crippen molar-refractivity contribution in [3.8, 4) is 5.75 Å². The van der Waals surface area contributed by atoms with Crippen molar-refractivity contribution in [2.45, 2.75) is 13.5 Å². The average Bonchev–Trinajstić information content (AvgIpc) is 2.60. The third-order valence-electron chi connectivity index (χ3n) is 3.22. The first-order valence-electron chi connectivity index (χ1n) is 7.61. The van der Waals surface area contributed by atoms with E-state index in [1.165, 1.54) is 12.1 Å². The molecule has 0 radical (unpaired) electrons. The summed E-state index contributed by atoms with van der Waals surface area (Å²) in [6, 6.07) is 12.7. The lowest BCUT2D eigenvalue weighted by atomic mass is 10.2. The van der Waals surface area contributed by atoms with Gasteiger partial charge in [0.1, 0.15) is 18.2 Å². The molecule has 0 spiro atoms. The maximum Gasteiger partial charge on any atom is 0.255 e. The Kier molecular flexibility index (Phi) is 6.31. The van der Waals surface area contributed by atoms with Crippen LogP contribution in [-0.4, -0.2) is 24.9 Å². The molecule has 2 aromatic carbocycles. The second kappa shape index (κ2) is 8.67. The predicted octanol–water partition coefficient (Wildman–Crippen LogP) is 2.27. The first-order valence-corrected chi connectivity index (χ1v) is 7.61. The Labute approximate surface area is 139 Å². The number of halogens is 1. The van der Waals surface area contributed by atoms with Crippen LogP contribution in [0.5, 0.6) is 5.75 Å². The normalized spacial score (nSPS) is 10.1. The standard InChI is InChI=1S/C18H19FN2O3/c1-2-20-17(22)11-21-18(23)15-5-3-4-6-16(15)24-12-13-7-9-14(19)10-8-13/h3-10H,2,11-12H2,1H3,(H,20,22)(H,21,23). The molecule has 0 aliphatic rings. The highest BCUT2D eigenvalue weighted by Crippen LogP contribution is 2.19. The van der Waals surface area contributed by atoms with Crippen molar-refractivity contribution in [1.29, 1.82) is 0 Å². The van der Waals surface area contributed by atoms with Gasteiger partial charge in [-0.25, -0.2) is 4.39 Å². The number of hydrogen-bond donors (Lipinski definition) is 2. The largest absolute Gasteiger partial charge is 0.488 e. The fraction of sp³-hybridized carbons (Fsp3) is 0.222. The maximum absolute atomic E-state index is 12.9. The predicted molar refractivity (Wildman–Crippen MR) is 88.2 cm³/mol. The van der Waals surface area contributed by atoms with Crippen molar-refractivity contribution in [3.63, 3.8) is 0 Å². The second-order valence-electron chi connectivity index (χ2n) is 5.05. The number of benzene rings is 2. The zero-order valence-corrected chi connectivity index (χ0v) is 13.3. The van der Waals surface area contributed by atoms with Crippen LogP contribution in [0.25, 0.3) is 0 Å². The van der Waals surface area contributed by atoms with Gasteiger partial charge in [0.15, 0.2) is 0 Å². The zero-order chi connectivity index (χ0) is 17.4. The summed E-state index contributed by atoms with van der Waals surface area (Å²) in [5.74, 6) is -0.564. The first kappa shape index (κ1) is 17.5. The quantitative estimate of drug-likeness (QED) is 0.818. The first-order chi connectivity index (χ1) is 11.6. The van der Waals surface area contributed by atoms with E-state index in [2.05, 4.69) is 10.6 Å². The topological polar surface area (TPSA) is 67.4 Å². The minimum absolute atomic E-state index is 0.0982. The van der Waals surface area contributed by atoms with Gasteiger partial charge in [0.25, 0.3) is 5.91 Å². The van der Waals surface area contributed by atoms with Gasteiger partial charge in [-0.3, -0.25) is 9.59 Å². The Balaban J connectivity index is 1.99. The highest BCUT2D eigenvalue weighted by Gasteiger charge is 2.13. The third-order valence-corrected chi connectivity index (χ3v) is 3.22. The molecule has 2 rings (SSSR count). The summed E-state index contributed by atoms with van der Waals surface area (Å²) < 4.78 is 18.6. The smallest absolute Gasteiger partial charge is 0.255 e. The van der Waals surface area contributed by atoms with Gasteiger partial charge >= 0.3 is 0 Å². The van der Waals surface area contributed by atoms with Crippen molar-refractivity contribution >= 4 is 11.8 Å². The van der Waals surface area contributed by atoms with Crippen LogP contribution in [-0.2, 0) is 11.4 Å². The Morgan fingerprint density at radius 1 is 1.04 bits per heavy atom. The summed E-state index contributed by atoms with van der Waals surface area (Å²) in [5.41, 5.74) is 1.12. The number of carbonyl (C=O) groups excluding carboxylic acids is 2. The van der Waals surface area contributed by atoms with Gasteiger partial charge in [0.05, 0.1) is 12.1 Å². The third kappa shape index (κ3) is 5.08. The van der Waals surface area contributed by atoms with Gasteiger partial charge in [0.2, 0.25) is 5.91 Å². The minimum atomic E-state index is -0.393. The van der Waals surface area contributed by atoms with Crippen molar-refractivity contribution in [2.75, 3.05) is 13.1 Å². The highest BCUT2D eigenvalue weighted by molar-refractivity contribution is 5.98. The summed E-state index contributed by atoms with van der Waals surface area (Å²) in [7, 11) is 0. The molecule has 0 unspecified atom stereocenters. The summed E-state index contributed by atoms with van der Waals surface area (Å²) in [6.07, 6.45) is 0. The molecular weight excluding hydrogens is 311 g/mol. The number of rotatable bonds is 7. The van der Waals surface area contributed by atoms with Gasteiger partial charge in [0, 0.05) is 6.54 Å². The van der Waals surface area contributed by atoms with Crippen molar-refractivity contribution < 1.29 is 18.7 Å². The van der Waals surface area contributed by atoms with E-state index in [0.717, 1.165) is 5.56 Å². The van der Waals surface area contributed by atoms with E-state index in [1.807, 2.05) is 0 Å². The molecule has 0 heterocycles. The fourth-order valence-electron chi connectivity index (χ4n) is 2.04. The minimum Gasteiger partial charge on any atom is -0.488 e. The summed E-state index contributed by atoms with van der Waals surface area (Å²) in [4.78, 5) is 23.6. The Bertz CT molecular complexity index is 702. The van der Waals surface area contributed by atoms with E-state index in [1.54, 1.807) is 43.3 Å². The number of carbonyl (C=O) groups is 2. The fourth-order valence-corrected chi connectivity index (χ4v) is 2.04. The molecule has 0 aliphatic carbocycles. The molecule has 0 saturated heterocycles. The lowest BCUT2D eigenvalue weighted by Gasteiger charge is -2.12. The summed E-state index contributed by atoms with van der Waals surface area (Å²) in [5, 5.41) is 5.15. The number of likely N-dealkylation sites (N-methyl/N-ethyl adjacent to an activating group) is 1. The van der Waals surface area contributed by atoms with Crippen LogP contribution < -0.4 is 15.4 Å². The lowest BCUT2D eigenvalue weighted by Crippen LogP contribution is -2.36. The van der Waals surface area contributed by atoms with Crippen molar-refractivity contribution in [2.24, 2.45) is 0 Å². The van der Waals surface area contributed by atoms with Gasteiger partial charge in [-0.15, -0.1) is 0 Å². The molecule has 0 fully saturated rings. The average molecular weight is 330 g/mol. The molecule has 6 heteroatoms. The second-order valence-corrected chi connectivity index (χ2v) is 5.05. The van der Waals surface area contributed by atoms with E-state index in [0.29, 0.717) is 17.9 Å². The molecule has 2 amide bonds. The molecule has 0 bridgehead atoms. The molecule has 0 aromatic heterocycles. The van der Waals surface area contributed by atoms with Gasteiger partial charge in [-0.1, -0.05) is 24.3 Å². The number of amides is 2. The van der Waals surface area contributed by atoms with Crippen molar-refractivity contribution in [1.82, 2.24) is 10.6 Å². The van der Waals surface area contributed by atoms with E-state index in [-0.39, 0.29) is 24.9 Å². The number of para-hydroxylation sites is 1. The number of nitrogens with one attached hydrogen (secondary N) is 2. The molecule has 126 valence electrons. The molecule has 2 N–H and O–H groups in total. The molecule has 0 aliphatic heterocycles. The Morgan fingerprint density at radius 3 is 2.46 bits per heavy atom. The molecule has 5 nitrogen and oxygen atoms in total. The van der Waals surface area contributed by atoms with Crippen LogP contribution in [0.1, 0.15) is 22.8 Å². The SMILES string of the molecule is CCNC(=O)CNC(=O)c1ccccc1OCc1ccc(F)cc1. The van der Waals surface area contributed by atoms with Crippen LogP contribution in [0.2, 0.25) is 0 Å². The van der Waals surface area contributed by atoms with Crippen LogP contribution >= 0.6 is 0 Å². The molecule has 24 heavy (non-hydrogen) atoms. The zero-order valence-electron chi connectivity index (χ0n) is 13.3.